The Kier molecular flexibility index (Phi) is 4.61. The number of morpholine rings is 1. The normalized spacial score (nSPS) is 18.9. The Morgan fingerprint density at radius 2 is 2.26 bits per heavy atom. The van der Waals surface area contributed by atoms with Crippen LogP contribution in [0.25, 0.3) is 10.1 Å². The second-order valence-corrected chi connectivity index (χ2v) is 6.49. The first-order valence-corrected chi connectivity index (χ1v) is 8.30. The van der Waals surface area contributed by atoms with Crippen LogP contribution < -0.4 is 5.32 Å². The first kappa shape index (κ1) is 15.9. The number of carboxylic acid groups (broad SMARTS) is 1. The van der Waals surface area contributed by atoms with Gasteiger partial charge in [0.15, 0.2) is 0 Å². The molecule has 0 aliphatic carbocycles. The zero-order chi connectivity index (χ0) is 16.4. The fourth-order valence-corrected chi connectivity index (χ4v) is 3.48. The van der Waals surface area contributed by atoms with Crippen molar-refractivity contribution < 1.29 is 19.4 Å². The maximum absolute atomic E-state index is 12.3. The Balaban J connectivity index is 1.73. The topological polar surface area (TPSA) is 78.9 Å². The van der Waals surface area contributed by atoms with Crippen LogP contribution in [0, 0.1) is 0 Å². The standard InChI is InChI=1S/C16H18N2O4S/c1-2-18-5-6-22-12(9-18)15(19)17-11-3-4-13-10(7-11)8-14(23-13)16(20)21/h3-4,7-8,12H,2,5-6,9H2,1H3,(H,17,19)(H,20,21). The monoisotopic (exact) mass is 334 g/mol. The molecular formula is C16H18N2O4S. The van der Waals surface area contributed by atoms with Gasteiger partial charge in [-0.2, -0.15) is 0 Å². The number of thiophene rings is 1. The highest BCUT2D eigenvalue weighted by Gasteiger charge is 2.25. The van der Waals surface area contributed by atoms with Crippen LogP contribution >= 0.6 is 11.3 Å². The third-order valence-electron chi connectivity index (χ3n) is 3.88. The van der Waals surface area contributed by atoms with Crippen LogP contribution in [0.4, 0.5) is 5.69 Å². The molecular weight excluding hydrogens is 316 g/mol. The molecule has 0 bridgehead atoms. The molecule has 7 heteroatoms. The first-order chi connectivity index (χ1) is 11.1. The van der Waals surface area contributed by atoms with Gasteiger partial charge in [0.25, 0.3) is 5.91 Å². The van der Waals surface area contributed by atoms with Crippen LogP contribution in [0.3, 0.4) is 0 Å². The fourth-order valence-electron chi connectivity index (χ4n) is 2.60. The molecule has 1 atom stereocenters. The smallest absolute Gasteiger partial charge is 0.345 e. The number of fused-ring (bicyclic) bond motifs is 1. The molecule has 0 spiro atoms. The van der Waals surface area contributed by atoms with Gasteiger partial charge in [0.2, 0.25) is 0 Å². The lowest BCUT2D eigenvalue weighted by Crippen LogP contribution is -2.47. The number of nitrogens with one attached hydrogen (secondary N) is 1. The van der Waals surface area contributed by atoms with Crippen molar-refractivity contribution in [3.8, 4) is 0 Å². The molecule has 1 aromatic carbocycles. The summed E-state index contributed by atoms with van der Waals surface area (Å²) in [5.41, 5.74) is 0.648. The van der Waals surface area contributed by atoms with Crippen LogP contribution in [0.5, 0.6) is 0 Å². The average molecular weight is 334 g/mol. The Morgan fingerprint density at radius 1 is 1.43 bits per heavy atom. The SMILES string of the molecule is CCN1CCOC(C(=O)Nc2ccc3sc(C(=O)O)cc3c2)C1. The van der Waals surface area contributed by atoms with Gasteiger partial charge in [0.05, 0.1) is 6.61 Å². The van der Waals surface area contributed by atoms with E-state index in [0.29, 0.717) is 18.8 Å². The van der Waals surface area contributed by atoms with Gasteiger partial charge in [-0.15, -0.1) is 11.3 Å². The lowest BCUT2D eigenvalue weighted by Gasteiger charge is -2.31. The number of anilines is 1. The molecule has 2 N–H and O–H groups in total. The zero-order valence-corrected chi connectivity index (χ0v) is 13.6. The number of ether oxygens (including phenoxy) is 1. The Morgan fingerprint density at radius 3 is 3.00 bits per heavy atom. The summed E-state index contributed by atoms with van der Waals surface area (Å²) in [6.45, 7) is 4.94. The van der Waals surface area contributed by atoms with Crippen molar-refractivity contribution in [3.63, 3.8) is 0 Å². The molecule has 3 rings (SSSR count). The predicted octanol–water partition coefficient (Wildman–Crippen LogP) is 2.26. The lowest BCUT2D eigenvalue weighted by atomic mass is 10.2. The Bertz CT molecular complexity index is 743. The second kappa shape index (κ2) is 6.66. The molecule has 1 aliphatic rings. The van der Waals surface area contributed by atoms with Crippen LogP contribution in [0.1, 0.15) is 16.6 Å². The number of amides is 1. The van der Waals surface area contributed by atoms with Crippen LogP contribution in [-0.4, -0.2) is 54.2 Å². The van der Waals surface area contributed by atoms with Crippen LogP contribution in [-0.2, 0) is 9.53 Å². The van der Waals surface area contributed by atoms with E-state index in [-0.39, 0.29) is 10.8 Å². The summed E-state index contributed by atoms with van der Waals surface area (Å²) in [5.74, 6) is -1.11. The summed E-state index contributed by atoms with van der Waals surface area (Å²) in [6.07, 6.45) is -0.476. The summed E-state index contributed by atoms with van der Waals surface area (Å²) in [4.78, 5) is 25.8. The van der Waals surface area contributed by atoms with Gasteiger partial charge in [-0.05, 0) is 36.2 Å². The average Bonchev–Trinajstić information content (AvgIpc) is 2.98. The lowest BCUT2D eigenvalue weighted by molar-refractivity contribution is -0.132. The molecule has 23 heavy (non-hydrogen) atoms. The highest BCUT2D eigenvalue weighted by atomic mass is 32.1. The quantitative estimate of drug-likeness (QED) is 0.897. The molecule has 1 aromatic heterocycles. The number of carbonyl (C=O) groups excluding carboxylic acids is 1. The predicted molar refractivity (Wildman–Crippen MR) is 89.3 cm³/mol. The van der Waals surface area contributed by atoms with Gasteiger partial charge in [0.1, 0.15) is 11.0 Å². The first-order valence-electron chi connectivity index (χ1n) is 7.48. The molecule has 0 radical (unpaired) electrons. The molecule has 2 aromatic rings. The Labute approximate surface area is 137 Å². The molecule has 1 saturated heterocycles. The van der Waals surface area contributed by atoms with E-state index < -0.39 is 12.1 Å². The van der Waals surface area contributed by atoms with Crippen molar-refractivity contribution >= 4 is 39.0 Å². The van der Waals surface area contributed by atoms with Gasteiger partial charge in [0, 0.05) is 23.5 Å². The number of carboxylic acids is 1. The maximum Gasteiger partial charge on any atom is 0.345 e. The van der Waals surface area contributed by atoms with Crippen molar-refractivity contribution in [1.29, 1.82) is 0 Å². The number of benzene rings is 1. The van der Waals surface area contributed by atoms with E-state index in [1.54, 1.807) is 18.2 Å². The molecule has 6 nitrogen and oxygen atoms in total. The number of aromatic carboxylic acids is 1. The van der Waals surface area contributed by atoms with Crippen LogP contribution in [0.15, 0.2) is 24.3 Å². The van der Waals surface area contributed by atoms with E-state index in [1.807, 2.05) is 6.07 Å². The van der Waals surface area contributed by atoms with Gasteiger partial charge >= 0.3 is 5.97 Å². The minimum absolute atomic E-state index is 0.170. The summed E-state index contributed by atoms with van der Waals surface area (Å²) in [7, 11) is 0. The van der Waals surface area contributed by atoms with E-state index in [1.165, 1.54) is 11.3 Å². The maximum atomic E-state index is 12.3. The van der Waals surface area contributed by atoms with Crippen molar-refractivity contribution in [3.05, 3.63) is 29.1 Å². The molecule has 122 valence electrons. The van der Waals surface area contributed by atoms with Gasteiger partial charge in [-0.1, -0.05) is 6.92 Å². The second-order valence-electron chi connectivity index (χ2n) is 5.41. The summed E-state index contributed by atoms with van der Waals surface area (Å²) >= 11 is 1.22. The van der Waals surface area contributed by atoms with E-state index >= 15 is 0 Å². The highest BCUT2D eigenvalue weighted by molar-refractivity contribution is 7.20. The number of hydrogen-bond acceptors (Lipinski definition) is 5. The Hall–Kier alpha value is -1.96. The van der Waals surface area contributed by atoms with Crippen molar-refractivity contribution in [2.24, 2.45) is 0 Å². The van der Waals surface area contributed by atoms with Crippen molar-refractivity contribution in [1.82, 2.24) is 4.90 Å². The number of hydrogen-bond donors (Lipinski definition) is 2. The van der Waals surface area contributed by atoms with E-state index in [4.69, 9.17) is 9.84 Å². The van der Waals surface area contributed by atoms with E-state index in [0.717, 1.165) is 23.2 Å². The molecule has 2 heterocycles. The number of rotatable bonds is 4. The van der Waals surface area contributed by atoms with Gasteiger partial charge in [-0.25, -0.2) is 4.79 Å². The molecule has 1 amide bonds. The zero-order valence-electron chi connectivity index (χ0n) is 12.7. The van der Waals surface area contributed by atoms with E-state index in [9.17, 15) is 9.59 Å². The highest BCUT2D eigenvalue weighted by Crippen LogP contribution is 2.28. The number of likely N-dealkylation sites (N-methyl/N-ethyl adjacent to an activating group) is 1. The summed E-state index contributed by atoms with van der Waals surface area (Å²) in [6, 6.07) is 7.01. The minimum atomic E-state index is -0.938. The van der Waals surface area contributed by atoms with Crippen molar-refractivity contribution in [2.45, 2.75) is 13.0 Å². The van der Waals surface area contributed by atoms with Crippen LogP contribution in [0.2, 0.25) is 0 Å². The fraction of sp³-hybridized carbons (Fsp3) is 0.375. The van der Waals surface area contributed by atoms with Gasteiger partial charge < -0.3 is 15.2 Å². The molecule has 1 fully saturated rings. The molecule has 1 unspecified atom stereocenters. The summed E-state index contributed by atoms with van der Waals surface area (Å²) < 4.78 is 6.42. The number of carbonyl (C=O) groups is 2. The largest absolute Gasteiger partial charge is 0.477 e. The third kappa shape index (κ3) is 3.52. The van der Waals surface area contributed by atoms with E-state index in [2.05, 4.69) is 17.1 Å². The van der Waals surface area contributed by atoms with Gasteiger partial charge in [-0.3, -0.25) is 9.69 Å². The molecule has 0 saturated carbocycles. The molecule has 1 aliphatic heterocycles. The minimum Gasteiger partial charge on any atom is -0.477 e. The van der Waals surface area contributed by atoms with Crippen molar-refractivity contribution in [2.75, 3.05) is 31.6 Å². The third-order valence-corrected chi connectivity index (χ3v) is 4.99. The number of nitrogens with zero attached hydrogens (tertiary/aromatic N) is 1. The summed E-state index contributed by atoms with van der Waals surface area (Å²) in [5, 5.41) is 12.7.